The van der Waals surface area contributed by atoms with Crippen molar-refractivity contribution < 1.29 is 28.5 Å². The van der Waals surface area contributed by atoms with Gasteiger partial charge in [-0.3, -0.25) is 0 Å². The molecule has 8 aromatic carbocycles. The van der Waals surface area contributed by atoms with Gasteiger partial charge >= 0.3 is 0 Å². The minimum atomic E-state index is -0.557. The molecule has 0 fully saturated rings. The molecule has 2 heterocycles. The molecule has 0 amide bonds. The third kappa shape index (κ3) is 13.3. The number of phenolic OH excluding ortho intramolecular Hbond substituents is 2. The zero-order valence-corrected chi connectivity index (χ0v) is 59.5. The highest BCUT2D eigenvalue weighted by Gasteiger charge is 2.38. The van der Waals surface area contributed by atoms with Crippen LogP contribution in [0.25, 0.3) is 77.2 Å². The summed E-state index contributed by atoms with van der Waals surface area (Å²) in [6.07, 6.45) is 1.35. The molecule has 0 radical (unpaired) electrons. The second-order valence-electron chi connectivity index (χ2n) is 34.4. The van der Waals surface area contributed by atoms with Crippen LogP contribution in [0.4, 0.5) is 8.78 Å². The van der Waals surface area contributed by atoms with Crippen molar-refractivity contribution in [3.63, 3.8) is 0 Å². The molecule has 10 aromatic rings. The summed E-state index contributed by atoms with van der Waals surface area (Å²) in [6.45, 7) is 51.5. The van der Waals surface area contributed by atoms with Crippen LogP contribution in [-0.4, -0.2) is 32.1 Å². The molecule has 6 nitrogen and oxygen atoms in total. The van der Waals surface area contributed by atoms with Crippen molar-refractivity contribution in [1.29, 1.82) is 0 Å². The number of benzene rings is 8. The van der Waals surface area contributed by atoms with Crippen LogP contribution in [-0.2, 0) is 32.5 Å². The number of halogens is 2. The normalized spacial score (nSPS) is 13.7. The molecule has 10 rings (SSSR count). The Bertz CT molecular complexity index is 4330. The summed E-state index contributed by atoms with van der Waals surface area (Å²) in [6, 6.07) is 43.7. The molecule has 0 bridgehead atoms. The van der Waals surface area contributed by atoms with Crippen LogP contribution in [0.1, 0.15) is 212 Å². The van der Waals surface area contributed by atoms with E-state index in [9.17, 15) is 10.2 Å². The molecule has 1 unspecified atom stereocenters. The van der Waals surface area contributed by atoms with Crippen LogP contribution in [0.15, 0.2) is 133 Å². The Hall–Kier alpha value is -7.58. The molecule has 0 saturated carbocycles. The number of fused-ring (bicyclic) bond motifs is 6. The largest absolute Gasteiger partial charge is 0.505 e. The van der Waals surface area contributed by atoms with Crippen LogP contribution in [0, 0.1) is 22.5 Å². The quantitative estimate of drug-likeness (QED) is 0.114. The van der Waals surface area contributed by atoms with Gasteiger partial charge in [0.15, 0.2) is 23.0 Å². The van der Waals surface area contributed by atoms with Crippen LogP contribution < -0.4 is 9.47 Å². The first-order chi connectivity index (χ1) is 42.4. The summed E-state index contributed by atoms with van der Waals surface area (Å²) in [5.74, 6) is 0.208. The smallest absolute Gasteiger partial charge is 0.151 e. The van der Waals surface area contributed by atoms with E-state index < -0.39 is 28.6 Å². The third-order valence-corrected chi connectivity index (χ3v) is 18.7. The SMILES string of the molecule is CC(CCOc1c(C(C)(C)CC(C)(C)C)cc(-c2cccc(F)c2)c(O)c1-n1c2ccc(C(C)(C)C)cc2c2cc(C(C)(C)C)ccc21)Oc1c(C(C)(C)CC(C)(C)C)cc(-c2cccc(F)c2)c(O)c1-n1c2ccc(C(C)(C)C)cc2c2cc(C(C)(C)C)ccc21. The molecular weight excluding hydrogens is 1140 g/mol. The number of aromatic hydroxyl groups is 2. The molecular formula is C84H102F2N2O4. The summed E-state index contributed by atoms with van der Waals surface area (Å²) in [5, 5.41) is 31.1. The Labute approximate surface area is 548 Å². The monoisotopic (exact) mass is 1240 g/mol. The lowest BCUT2D eigenvalue weighted by Crippen LogP contribution is -2.28. The Morgan fingerprint density at radius 3 is 1.02 bits per heavy atom. The number of nitrogens with zero attached hydrogens (tertiary/aromatic N) is 2. The first-order valence-corrected chi connectivity index (χ1v) is 33.2. The van der Waals surface area contributed by atoms with E-state index in [1.165, 1.54) is 46.5 Å². The minimum Gasteiger partial charge on any atom is -0.505 e. The third-order valence-electron chi connectivity index (χ3n) is 18.7. The highest BCUT2D eigenvalue weighted by atomic mass is 19.1. The zero-order chi connectivity index (χ0) is 67.5. The average Bonchev–Trinajstić information content (AvgIpc) is 1.50. The summed E-state index contributed by atoms with van der Waals surface area (Å²) in [4.78, 5) is 0. The van der Waals surface area contributed by atoms with Crippen LogP contribution in [0.5, 0.6) is 23.0 Å². The molecule has 0 aliphatic carbocycles. The highest BCUT2D eigenvalue weighted by Crippen LogP contribution is 2.55. The summed E-state index contributed by atoms with van der Waals surface area (Å²) in [7, 11) is 0. The summed E-state index contributed by atoms with van der Waals surface area (Å²) < 4.78 is 50.6. The Morgan fingerprint density at radius 2 is 0.717 bits per heavy atom. The van der Waals surface area contributed by atoms with E-state index >= 15 is 8.78 Å². The molecule has 0 aliphatic rings. The van der Waals surface area contributed by atoms with Crippen molar-refractivity contribution in [2.24, 2.45) is 10.8 Å². The molecule has 2 N–H and O–H groups in total. The number of rotatable bonds is 14. The van der Waals surface area contributed by atoms with Crippen molar-refractivity contribution in [2.75, 3.05) is 6.61 Å². The van der Waals surface area contributed by atoms with E-state index in [0.717, 1.165) is 67.6 Å². The van der Waals surface area contributed by atoms with Crippen molar-refractivity contribution >= 4 is 43.6 Å². The second kappa shape index (κ2) is 23.5. The first-order valence-electron chi connectivity index (χ1n) is 33.2. The Kier molecular flexibility index (Phi) is 17.2. The Balaban J connectivity index is 1.22. The number of hydrogen-bond donors (Lipinski definition) is 2. The van der Waals surface area contributed by atoms with E-state index in [1.807, 2.05) is 24.3 Å². The molecule has 2 aromatic heterocycles. The standard InChI is InChI=1S/C84H102F2N2O4/c1-50(92-76-66(84(22,23)49-78(5,6)7)47-60(52-27-25-29-58(86)41-52)74(90)72(76)88-69-36-32-55(81(14,15)16)44-63(69)64-45-56(82(17,18)19)33-37-70(64)88)38-39-91-75-65(83(20,21)48-77(2,3)4)46-59(51-26-24-28-57(85)40-51)73(89)71(75)87-67-34-30-53(79(8,9)10)42-61(67)62-43-54(80(11,12)13)31-35-68(62)87/h24-37,40-47,50,89-90H,38-39,48-49H2,1-23H3. The molecule has 1 atom stereocenters. The van der Waals surface area contributed by atoms with Gasteiger partial charge in [0.05, 0.1) is 34.8 Å². The van der Waals surface area contributed by atoms with E-state index in [4.69, 9.17) is 9.47 Å². The first kappa shape index (κ1) is 67.3. The fourth-order valence-corrected chi connectivity index (χ4v) is 14.5. The van der Waals surface area contributed by atoms with Gasteiger partial charge in [0, 0.05) is 50.2 Å². The molecule has 92 heavy (non-hydrogen) atoms. The number of ether oxygens (including phenoxy) is 2. The zero-order valence-electron chi connectivity index (χ0n) is 59.5. The van der Waals surface area contributed by atoms with E-state index in [2.05, 4.69) is 241 Å². The predicted octanol–water partition coefficient (Wildman–Crippen LogP) is 23.8. The van der Waals surface area contributed by atoms with Crippen LogP contribution >= 0.6 is 0 Å². The van der Waals surface area contributed by atoms with Gasteiger partial charge in [0.2, 0.25) is 0 Å². The summed E-state index contributed by atoms with van der Waals surface area (Å²) >= 11 is 0. The maximum absolute atomic E-state index is 15.6. The van der Waals surface area contributed by atoms with E-state index in [1.54, 1.807) is 12.1 Å². The highest BCUT2D eigenvalue weighted by molar-refractivity contribution is 6.12. The maximum atomic E-state index is 15.6. The van der Waals surface area contributed by atoms with Crippen molar-refractivity contribution in [3.05, 3.63) is 178 Å². The lowest BCUT2D eigenvalue weighted by molar-refractivity contribution is 0.169. The van der Waals surface area contributed by atoms with Gasteiger partial charge in [-0.1, -0.05) is 201 Å². The van der Waals surface area contributed by atoms with Gasteiger partial charge in [0.25, 0.3) is 0 Å². The van der Waals surface area contributed by atoms with Gasteiger partial charge in [-0.05, 0) is 181 Å². The summed E-state index contributed by atoms with van der Waals surface area (Å²) in [5.41, 5.74) is 11.2. The van der Waals surface area contributed by atoms with E-state index in [-0.39, 0.29) is 50.6 Å². The topological polar surface area (TPSA) is 68.8 Å². The average molecular weight is 1240 g/mol. The molecule has 0 saturated heterocycles. The minimum absolute atomic E-state index is 0.0246. The van der Waals surface area contributed by atoms with Gasteiger partial charge in [-0.15, -0.1) is 0 Å². The predicted molar refractivity (Wildman–Crippen MR) is 385 cm³/mol. The lowest BCUT2D eigenvalue weighted by Gasteiger charge is -2.36. The number of aromatic nitrogens is 2. The fourth-order valence-electron chi connectivity index (χ4n) is 14.5. The van der Waals surface area contributed by atoms with E-state index in [0.29, 0.717) is 51.5 Å². The Morgan fingerprint density at radius 1 is 0.402 bits per heavy atom. The van der Waals surface area contributed by atoms with Gasteiger partial charge in [-0.25, -0.2) is 8.78 Å². The second-order valence-corrected chi connectivity index (χ2v) is 34.4. The van der Waals surface area contributed by atoms with Crippen molar-refractivity contribution in [1.82, 2.24) is 9.13 Å². The van der Waals surface area contributed by atoms with Crippen molar-refractivity contribution in [2.45, 2.75) is 217 Å². The molecule has 0 aliphatic heterocycles. The van der Waals surface area contributed by atoms with Gasteiger partial charge < -0.3 is 28.8 Å². The number of hydrogen-bond acceptors (Lipinski definition) is 4. The van der Waals surface area contributed by atoms with Crippen LogP contribution in [0.2, 0.25) is 0 Å². The maximum Gasteiger partial charge on any atom is 0.151 e. The van der Waals surface area contributed by atoms with Crippen molar-refractivity contribution in [3.8, 4) is 56.6 Å². The molecule has 8 heteroatoms. The molecule has 0 spiro atoms. The molecule has 486 valence electrons. The lowest BCUT2D eigenvalue weighted by atomic mass is 9.71. The van der Waals surface area contributed by atoms with Crippen LogP contribution in [0.3, 0.4) is 0 Å². The van der Waals surface area contributed by atoms with Gasteiger partial charge in [0.1, 0.15) is 23.0 Å². The van der Waals surface area contributed by atoms with Gasteiger partial charge in [-0.2, -0.15) is 0 Å². The fraction of sp³-hybridized carbons (Fsp3) is 0.429. The number of phenols is 2.